The zero-order valence-electron chi connectivity index (χ0n) is 17.5. The monoisotopic (exact) mass is 415 g/mol. The summed E-state index contributed by atoms with van der Waals surface area (Å²) in [5.41, 5.74) is 7.12. The molecule has 156 valence electrons. The van der Waals surface area contributed by atoms with Gasteiger partial charge in [0.05, 0.1) is 29.3 Å². The summed E-state index contributed by atoms with van der Waals surface area (Å²) in [6.45, 7) is 6.23. The van der Waals surface area contributed by atoms with E-state index in [9.17, 15) is 4.79 Å². The van der Waals surface area contributed by atoms with Crippen LogP contribution in [0.2, 0.25) is 0 Å². The van der Waals surface area contributed by atoms with Gasteiger partial charge in [-0.1, -0.05) is 13.3 Å². The van der Waals surface area contributed by atoms with Crippen molar-refractivity contribution in [2.45, 2.75) is 40.0 Å². The summed E-state index contributed by atoms with van der Waals surface area (Å²) in [6, 6.07) is 3.87. The lowest BCUT2D eigenvalue weighted by Crippen LogP contribution is -2.06. The van der Waals surface area contributed by atoms with Crippen molar-refractivity contribution in [1.29, 1.82) is 0 Å². The molecule has 0 spiro atoms. The Morgan fingerprint density at radius 1 is 1.16 bits per heavy atom. The molecule has 0 fully saturated rings. The lowest BCUT2D eigenvalue weighted by atomic mass is 9.92. The fourth-order valence-electron chi connectivity index (χ4n) is 4.16. The van der Waals surface area contributed by atoms with Gasteiger partial charge in [0.15, 0.2) is 5.78 Å². The molecule has 5 aromatic rings. The first-order chi connectivity index (χ1) is 15.1. The van der Waals surface area contributed by atoms with Crippen molar-refractivity contribution in [3.63, 3.8) is 0 Å². The molecule has 0 aliphatic carbocycles. The second-order valence-electron chi connectivity index (χ2n) is 7.61. The molecule has 4 heterocycles. The number of carbonyl (C=O) groups excluding carboxylic acids is 1. The Bertz CT molecular complexity index is 1410. The second kappa shape index (κ2) is 7.42. The molecule has 9 nitrogen and oxygen atoms in total. The third-order valence-corrected chi connectivity index (χ3v) is 5.62. The van der Waals surface area contributed by atoms with Crippen molar-refractivity contribution in [3.8, 4) is 11.3 Å². The third-order valence-electron chi connectivity index (χ3n) is 5.62. The summed E-state index contributed by atoms with van der Waals surface area (Å²) in [5, 5.41) is 23.7. The zero-order chi connectivity index (χ0) is 21.5. The van der Waals surface area contributed by atoms with Crippen molar-refractivity contribution in [2.24, 2.45) is 0 Å². The quantitative estimate of drug-likeness (QED) is 0.403. The molecule has 1 aromatic carbocycles. The van der Waals surface area contributed by atoms with Crippen LogP contribution in [0.15, 0.2) is 29.1 Å². The Hall–Kier alpha value is -3.88. The summed E-state index contributed by atoms with van der Waals surface area (Å²) in [5.74, 6) is 0.0785. The maximum absolute atomic E-state index is 13.0. The molecule has 0 atom stereocenters. The number of ketones is 1. The van der Waals surface area contributed by atoms with Gasteiger partial charge in [-0.15, -0.1) is 10.2 Å². The summed E-state index contributed by atoms with van der Waals surface area (Å²) in [6.07, 6.45) is 4.87. The Kier molecular flexibility index (Phi) is 4.58. The second-order valence-corrected chi connectivity index (χ2v) is 7.61. The summed E-state index contributed by atoms with van der Waals surface area (Å²) >= 11 is 0. The number of benzene rings is 1. The van der Waals surface area contributed by atoms with Crippen molar-refractivity contribution in [2.75, 3.05) is 0 Å². The van der Waals surface area contributed by atoms with Crippen LogP contribution in [0.4, 0.5) is 0 Å². The van der Waals surface area contributed by atoms with Crippen LogP contribution in [-0.4, -0.2) is 41.4 Å². The zero-order valence-corrected chi connectivity index (χ0v) is 17.5. The van der Waals surface area contributed by atoms with Crippen molar-refractivity contribution in [1.82, 2.24) is 35.6 Å². The van der Waals surface area contributed by atoms with E-state index in [0.717, 1.165) is 62.7 Å². The van der Waals surface area contributed by atoms with Gasteiger partial charge >= 0.3 is 0 Å². The first-order valence-corrected chi connectivity index (χ1v) is 10.2. The van der Waals surface area contributed by atoms with Gasteiger partial charge in [0.2, 0.25) is 12.3 Å². The van der Waals surface area contributed by atoms with E-state index in [4.69, 9.17) is 9.40 Å². The number of hydrogen-bond donors (Lipinski definition) is 2. The number of aromatic amines is 2. The Morgan fingerprint density at radius 3 is 2.74 bits per heavy atom. The van der Waals surface area contributed by atoms with E-state index in [1.165, 1.54) is 6.39 Å². The van der Waals surface area contributed by atoms with E-state index in [-0.39, 0.29) is 18.1 Å². The largest absolute Gasteiger partial charge is 0.428 e. The van der Waals surface area contributed by atoms with Crippen LogP contribution in [0.25, 0.3) is 33.1 Å². The highest BCUT2D eigenvalue weighted by atomic mass is 16.4. The highest BCUT2D eigenvalue weighted by Crippen LogP contribution is 2.36. The number of hydrogen-bond acceptors (Lipinski definition) is 7. The molecule has 0 amide bonds. The molecule has 0 aliphatic heterocycles. The Morgan fingerprint density at radius 2 is 2.03 bits per heavy atom. The van der Waals surface area contributed by atoms with Crippen LogP contribution < -0.4 is 0 Å². The Labute approximate surface area is 177 Å². The maximum atomic E-state index is 13.0. The van der Waals surface area contributed by atoms with E-state index in [0.29, 0.717) is 5.69 Å². The van der Waals surface area contributed by atoms with Crippen LogP contribution >= 0.6 is 0 Å². The number of aromatic nitrogens is 7. The SMILES string of the molecule is CCCc1c(-c2cn[nH]c2C)nc2ccc3[nH]nc(C(=O)Cc4nnco4)c3c2c1C. The van der Waals surface area contributed by atoms with Gasteiger partial charge in [-0.2, -0.15) is 10.2 Å². The average molecular weight is 415 g/mol. The molecule has 0 saturated heterocycles. The van der Waals surface area contributed by atoms with Gasteiger partial charge in [0.25, 0.3) is 0 Å². The van der Waals surface area contributed by atoms with Gasteiger partial charge in [0.1, 0.15) is 5.69 Å². The highest BCUT2D eigenvalue weighted by molar-refractivity contribution is 6.17. The molecular weight excluding hydrogens is 394 g/mol. The molecular formula is C22H21N7O2. The van der Waals surface area contributed by atoms with Gasteiger partial charge in [-0.25, -0.2) is 4.98 Å². The number of nitrogens with one attached hydrogen (secondary N) is 2. The van der Waals surface area contributed by atoms with Gasteiger partial charge in [-0.05, 0) is 43.5 Å². The molecule has 0 unspecified atom stereocenters. The number of nitrogens with zero attached hydrogens (tertiary/aromatic N) is 5. The summed E-state index contributed by atoms with van der Waals surface area (Å²) in [4.78, 5) is 18.0. The molecule has 31 heavy (non-hydrogen) atoms. The van der Waals surface area contributed by atoms with Crippen LogP contribution in [0.1, 0.15) is 46.5 Å². The van der Waals surface area contributed by atoms with Gasteiger partial charge in [-0.3, -0.25) is 15.0 Å². The predicted octanol–water partition coefficient (Wildman–Crippen LogP) is 3.88. The number of carbonyl (C=O) groups is 1. The number of rotatable bonds is 6. The minimum absolute atomic E-state index is 0.00304. The van der Waals surface area contributed by atoms with Crippen LogP contribution in [-0.2, 0) is 12.8 Å². The van der Waals surface area contributed by atoms with Gasteiger partial charge < -0.3 is 4.42 Å². The molecule has 2 N–H and O–H groups in total. The normalized spacial score (nSPS) is 11.6. The van der Waals surface area contributed by atoms with Crippen LogP contribution in [0.5, 0.6) is 0 Å². The lowest BCUT2D eigenvalue weighted by molar-refractivity contribution is 0.0982. The minimum Gasteiger partial charge on any atom is -0.428 e. The summed E-state index contributed by atoms with van der Waals surface area (Å²) < 4.78 is 5.14. The van der Waals surface area contributed by atoms with E-state index < -0.39 is 0 Å². The fourth-order valence-corrected chi connectivity index (χ4v) is 4.16. The van der Waals surface area contributed by atoms with E-state index >= 15 is 0 Å². The third kappa shape index (κ3) is 3.09. The molecule has 0 saturated carbocycles. The van der Waals surface area contributed by atoms with Crippen LogP contribution in [0.3, 0.4) is 0 Å². The molecule has 0 bridgehead atoms. The smallest absolute Gasteiger partial charge is 0.224 e. The first-order valence-electron chi connectivity index (χ1n) is 10.2. The standard InChI is InChI=1S/C22H21N7O2/c1-4-5-13-11(2)19-15(25-21(13)14-9-23-26-12(14)3)6-7-16-20(19)22(29-27-16)17(30)8-18-28-24-10-31-18/h6-7,9-10H,4-5,8H2,1-3H3,(H,23,26)(H,27,29). The Balaban J connectivity index is 1.76. The average Bonchev–Trinajstić information content (AvgIpc) is 3.50. The van der Waals surface area contributed by atoms with Crippen molar-refractivity contribution >= 4 is 27.6 Å². The number of Topliss-reactive ketones (excluding diaryl/α,β-unsaturated/α-hetero) is 1. The molecule has 0 radical (unpaired) electrons. The molecule has 4 aromatic heterocycles. The maximum Gasteiger partial charge on any atom is 0.224 e. The topological polar surface area (TPSA) is 126 Å². The lowest BCUT2D eigenvalue weighted by Gasteiger charge is -2.15. The predicted molar refractivity (Wildman–Crippen MR) is 115 cm³/mol. The number of fused-ring (bicyclic) bond motifs is 3. The molecule has 5 rings (SSSR count). The number of H-pyrrole nitrogens is 2. The minimum atomic E-state index is -0.186. The van der Waals surface area contributed by atoms with E-state index in [1.807, 2.05) is 25.3 Å². The fraction of sp³-hybridized carbons (Fsp3) is 0.273. The van der Waals surface area contributed by atoms with Gasteiger partial charge in [0, 0.05) is 22.0 Å². The van der Waals surface area contributed by atoms with E-state index in [1.54, 1.807) is 0 Å². The molecule has 0 aliphatic rings. The summed E-state index contributed by atoms with van der Waals surface area (Å²) in [7, 11) is 0. The van der Waals surface area contributed by atoms with Crippen molar-refractivity contribution < 1.29 is 9.21 Å². The highest BCUT2D eigenvalue weighted by Gasteiger charge is 2.23. The number of pyridine rings is 1. The number of aryl methyl sites for hydroxylation is 2. The first kappa shape index (κ1) is 19.1. The van der Waals surface area contributed by atoms with E-state index in [2.05, 4.69) is 44.4 Å². The molecule has 9 heteroatoms. The van der Waals surface area contributed by atoms with Crippen molar-refractivity contribution in [3.05, 3.63) is 53.1 Å². The van der Waals surface area contributed by atoms with Crippen LogP contribution in [0, 0.1) is 13.8 Å².